The van der Waals surface area contributed by atoms with Crippen molar-refractivity contribution in [1.82, 2.24) is 20.1 Å². The van der Waals surface area contributed by atoms with E-state index in [0.717, 1.165) is 67.0 Å². The summed E-state index contributed by atoms with van der Waals surface area (Å²) < 4.78 is 0. The van der Waals surface area contributed by atoms with Gasteiger partial charge in [0.15, 0.2) is 11.0 Å². The van der Waals surface area contributed by atoms with E-state index in [1.807, 2.05) is 12.1 Å². The van der Waals surface area contributed by atoms with Gasteiger partial charge in [-0.3, -0.25) is 9.69 Å². The van der Waals surface area contributed by atoms with E-state index in [-0.39, 0.29) is 5.56 Å². The highest BCUT2D eigenvalue weighted by Gasteiger charge is 2.40. The van der Waals surface area contributed by atoms with Gasteiger partial charge in [0, 0.05) is 49.2 Å². The van der Waals surface area contributed by atoms with Crippen molar-refractivity contribution in [2.24, 2.45) is 0 Å². The van der Waals surface area contributed by atoms with Crippen molar-refractivity contribution in [3.63, 3.8) is 0 Å². The molecule has 2 N–H and O–H groups in total. The van der Waals surface area contributed by atoms with Gasteiger partial charge in [-0.05, 0) is 49.4 Å². The van der Waals surface area contributed by atoms with E-state index < -0.39 is 0 Å². The van der Waals surface area contributed by atoms with Crippen LogP contribution in [0.25, 0.3) is 10.9 Å². The van der Waals surface area contributed by atoms with Crippen LogP contribution in [-0.2, 0) is 13.0 Å². The molecule has 1 aromatic carbocycles. The average molecular weight is 437 g/mol. The number of nitrogens with one attached hydrogen (secondary N) is 2. The summed E-state index contributed by atoms with van der Waals surface area (Å²) >= 11 is 5.90. The molecule has 0 radical (unpaired) electrons. The van der Waals surface area contributed by atoms with Crippen LogP contribution in [0.15, 0.2) is 35.1 Å². The van der Waals surface area contributed by atoms with Gasteiger partial charge >= 0.3 is 0 Å². The number of benzene rings is 1. The third-order valence-electron chi connectivity index (χ3n) is 7.02. The molecule has 0 saturated carbocycles. The van der Waals surface area contributed by atoms with Crippen LogP contribution in [0.4, 0.5) is 11.5 Å². The highest BCUT2D eigenvalue weighted by molar-refractivity contribution is 6.29. The largest absolute Gasteiger partial charge is 0.384 e. The Bertz CT molecular complexity index is 1180. The Kier molecular flexibility index (Phi) is 4.61. The smallest absolute Gasteiger partial charge is 0.253 e. The zero-order valence-electron chi connectivity index (χ0n) is 17.3. The second kappa shape index (κ2) is 7.50. The summed E-state index contributed by atoms with van der Waals surface area (Å²) in [7, 11) is 0. The van der Waals surface area contributed by atoms with Crippen LogP contribution in [0.2, 0.25) is 5.15 Å². The fourth-order valence-electron chi connectivity index (χ4n) is 5.53. The standard InChI is InChI=1S/C23H25ClN6O/c24-20-7-8-21(28-27-20)29-12-15-4-5-16(13-29)30(15)11-14-3-6-17-19(10-14)26-23(31)18-2-1-9-25-22(17)18/h3,6-8,10,15-16,25H,1-2,4-5,9,11-13H2,(H,26,31). The van der Waals surface area contributed by atoms with Gasteiger partial charge in [-0.1, -0.05) is 23.7 Å². The molecule has 2 atom stereocenters. The van der Waals surface area contributed by atoms with Gasteiger partial charge < -0.3 is 15.2 Å². The van der Waals surface area contributed by atoms with E-state index in [9.17, 15) is 4.79 Å². The number of pyridine rings is 1. The maximum Gasteiger partial charge on any atom is 0.253 e. The maximum atomic E-state index is 12.6. The van der Waals surface area contributed by atoms with Crippen LogP contribution in [0.3, 0.4) is 0 Å². The second-order valence-corrected chi connectivity index (χ2v) is 9.28. The number of H-pyrrole nitrogens is 1. The Morgan fingerprint density at radius 2 is 1.94 bits per heavy atom. The van der Waals surface area contributed by atoms with E-state index in [1.54, 1.807) is 0 Å². The molecule has 8 heteroatoms. The van der Waals surface area contributed by atoms with Crippen molar-refractivity contribution >= 4 is 34.0 Å². The van der Waals surface area contributed by atoms with Crippen LogP contribution in [0.5, 0.6) is 0 Å². The first-order valence-corrected chi connectivity index (χ1v) is 11.4. The molecular weight excluding hydrogens is 412 g/mol. The quantitative estimate of drug-likeness (QED) is 0.656. The highest BCUT2D eigenvalue weighted by Crippen LogP contribution is 2.34. The third kappa shape index (κ3) is 3.36. The van der Waals surface area contributed by atoms with Gasteiger partial charge in [0.2, 0.25) is 0 Å². The Balaban J connectivity index is 1.24. The van der Waals surface area contributed by atoms with Gasteiger partial charge in [-0.25, -0.2) is 0 Å². The minimum absolute atomic E-state index is 0.0459. The number of halogens is 1. The molecule has 5 heterocycles. The van der Waals surface area contributed by atoms with Gasteiger partial charge in [-0.15, -0.1) is 10.2 Å². The summed E-state index contributed by atoms with van der Waals surface area (Å²) in [5.74, 6) is 0.904. The van der Waals surface area contributed by atoms with Gasteiger partial charge in [-0.2, -0.15) is 0 Å². The monoisotopic (exact) mass is 436 g/mol. The molecule has 31 heavy (non-hydrogen) atoms. The van der Waals surface area contributed by atoms with Crippen LogP contribution >= 0.6 is 11.6 Å². The fourth-order valence-corrected chi connectivity index (χ4v) is 5.63. The van der Waals surface area contributed by atoms with E-state index in [4.69, 9.17) is 11.6 Å². The van der Waals surface area contributed by atoms with Gasteiger partial charge in [0.25, 0.3) is 5.56 Å². The first-order valence-electron chi connectivity index (χ1n) is 11.1. The lowest BCUT2D eigenvalue weighted by Gasteiger charge is -2.41. The lowest BCUT2D eigenvalue weighted by Crippen LogP contribution is -2.53. The SMILES string of the molecule is O=c1[nH]c2cc(CN3C4CCC3CN(c3ccc(Cl)nn3)C4)ccc2c2c1CCCN2. The number of hydrogen-bond acceptors (Lipinski definition) is 6. The lowest BCUT2D eigenvalue weighted by atomic mass is 10.0. The summed E-state index contributed by atoms with van der Waals surface area (Å²) in [6.45, 7) is 3.74. The molecular formula is C23H25ClN6O. The molecule has 6 rings (SSSR count). The second-order valence-electron chi connectivity index (χ2n) is 8.89. The first-order chi connectivity index (χ1) is 15.2. The van der Waals surface area contributed by atoms with Crippen molar-refractivity contribution in [2.45, 2.75) is 44.3 Å². The first kappa shape index (κ1) is 19.1. The number of fused-ring (bicyclic) bond motifs is 5. The predicted octanol–water partition coefficient (Wildman–Crippen LogP) is 3.18. The van der Waals surface area contributed by atoms with E-state index >= 15 is 0 Å². The molecule has 3 aliphatic heterocycles. The maximum absolute atomic E-state index is 12.6. The fraction of sp³-hybridized carbons (Fsp3) is 0.435. The van der Waals surface area contributed by atoms with Crippen LogP contribution in [-0.4, -0.2) is 51.8 Å². The van der Waals surface area contributed by atoms with Gasteiger partial charge in [0.1, 0.15) is 0 Å². The third-order valence-corrected chi connectivity index (χ3v) is 7.22. The van der Waals surface area contributed by atoms with E-state index in [0.29, 0.717) is 17.2 Å². The van der Waals surface area contributed by atoms with Crippen molar-refractivity contribution in [1.29, 1.82) is 0 Å². The number of anilines is 2. The van der Waals surface area contributed by atoms with E-state index in [1.165, 1.54) is 18.4 Å². The highest BCUT2D eigenvalue weighted by atomic mass is 35.5. The Morgan fingerprint density at radius 1 is 1.10 bits per heavy atom. The number of rotatable bonds is 3. The molecule has 0 aliphatic carbocycles. The summed E-state index contributed by atoms with van der Waals surface area (Å²) in [5.41, 5.74) is 4.14. The van der Waals surface area contributed by atoms with Crippen molar-refractivity contribution in [3.05, 3.63) is 57.0 Å². The van der Waals surface area contributed by atoms with Crippen molar-refractivity contribution in [2.75, 3.05) is 29.9 Å². The summed E-state index contributed by atoms with van der Waals surface area (Å²) in [4.78, 5) is 20.6. The normalized spacial score (nSPS) is 23.1. The topological polar surface area (TPSA) is 77.2 Å². The van der Waals surface area contributed by atoms with E-state index in [2.05, 4.69) is 48.5 Å². The number of hydrogen-bond donors (Lipinski definition) is 2. The van der Waals surface area contributed by atoms with Crippen LogP contribution in [0, 0.1) is 0 Å². The number of aromatic nitrogens is 3. The minimum atomic E-state index is 0.0459. The number of nitrogens with zero attached hydrogens (tertiary/aromatic N) is 4. The lowest BCUT2D eigenvalue weighted by molar-refractivity contribution is 0.160. The van der Waals surface area contributed by atoms with Crippen LogP contribution in [0.1, 0.15) is 30.4 Å². The molecule has 2 unspecified atom stereocenters. The molecule has 3 aromatic rings. The Morgan fingerprint density at radius 3 is 2.71 bits per heavy atom. The molecule has 2 saturated heterocycles. The molecule has 160 valence electrons. The minimum Gasteiger partial charge on any atom is -0.384 e. The molecule has 0 spiro atoms. The summed E-state index contributed by atoms with van der Waals surface area (Å²) in [6.07, 6.45) is 4.26. The molecule has 2 fully saturated rings. The Hall–Kier alpha value is -2.64. The van der Waals surface area contributed by atoms with Gasteiger partial charge in [0.05, 0.1) is 11.2 Å². The average Bonchev–Trinajstić information content (AvgIpc) is 3.01. The summed E-state index contributed by atoms with van der Waals surface area (Å²) in [5, 5.41) is 13.3. The molecule has 3 aliphatic rings. The zero-order chi connectivity index (χ0) is 20.9. The Labute approximate surface area is 185 Å². The predicted molar refractivity (Wildman–Crippen MR) is 123 cm³/mol. The van der Waals surface area contributed by atoms with Crippen molar-refractivity contribution < 1.29 is 0 Å². The number of aromatic amines is 1. The van der Waals surface area contributed by atoms with Crippen LogP contribution < -0.4 is 15.8 Å². The zero-order valence-corrected chi connectivity index (χ0v) is 18.0. The summed E-state index contributed by atoms with van der Waals surface area (Å²) in [6, 6.07) is 11.3. The molecule has 0 amide bonds. The van der Waals surface area contributed by atoms with Crippen molar-refractivity contribution in [3.8, 4) is 0 Å². The molecule has 2 aromatic heterocycles. The number of piperazine rings is 1. The molecule has 2 bridgehead atoms. The molecule has 7 nitrogen and oxygen atoms in total.